The minimum absolute atomic E-state index is 0.110. The molecule has 1 aromatic carbocycles. The quantitative estimate of drug-likeness (QED) is 0.596. The number of carboxylic acids is 1. The monoisotopic (exact) mass is 438 g/mol. The van der Waals surface area contributed by atoms with Gasteiger partial charge in [-0.15, -0.1) is 0 Å². The summed E-state index contributed by atoms with van der Waals surface area (Å²) in [6, 6.07) is 6.61. The SMILES string of the molecule is CC.CC(CC(=O)N1CCCC2C(C(=O)O)CCCC21)c1c[nH]c2cccc(C3CC3)c12. The molecule has 4 unspecified atom stereocenters. The fraction of sp³-hybridized carbons (Fsp3) is 0.630. The topological polar surface area (TPSA) is 73.4 Å². The molecule has 1 aliphatic heterocycles. The van der Waals surface area contributed by atoms with E-state index in [0.29, 0.717) is 12.3 Å². The Morgan fingerprint density at radius 2 is 1.91 bits per heavy atom. The average Bonchev–Trinajstić information content (AvgIpc) is 3.57. The number of aromatic amines is 1. The minimum atomic E-state index is -0.682. The predicted molar refractivity (Wildman–Crippen MR) is 128 cm³/mol. The zero-order valence-corrected chi connectivity index (χ0v) is 19.8. The summed E-state index contributed by atoms with van der Waals surface area (Å²) in [5.41, 5.74) is 3.85. The molecule has 1 aromatic heterocycles. The summed E-state index contributed by atoms with van der Waals surface area (Å²) in [4.78, 5) is 30.6. The molecule has 4 atom stereocenters. The third kappa shape index (κ3) is 4.31. The number of amides is 1. The molecule has 174 valence electrons. The zero-order valence-electron chi connectivity index (χ0n) is 19.8. The van der Waals surface area contributed by atoms with Gasteiger partial charge in [-0.25, -0.2) is 0 Å². The van der Waals surface area contributed by atoms with Gasteiger partial charge in [0.05, 0.1) is 5.92 Å². The van der Waals surface area contributed by atoms with Crippen molar-refractivity contribution >= 4 is 22.8 Å². The number of carbonyl (C=O) groups excluding carboxylic acids is 1. The highest BCUT2D eigenvalue weighted by atomic mass is 16.4. The molecule has 3 fully saturated rings. The van der Waals surface area contributed by atoms with Crippen LogP contribution in [-0.4, -0.2) is 39.5 Å². The largest absolute Gasteiger partial charge is 0.481 e. The molecule has 0 radical (unpaired) electrons. The second kappa shape index (κ2) is 9.68. The summed E-state index contributed by atoms with van der Waals surface area (Å²) in [7, 11) is 0. The first-order valence-corrected chi connectivity index (χ1v) is 12.7. The van der Waals surface area contributed by atoms with Crippen LogP contribution in [0.4, 0.5) is 0 Å². The molecular weight excluding hydrogens is 400 g/mol. The second-order valence-corrected chi connectivity index (χ2v) is 9.73. The third-order valence-electron chi connectivity index (χ3n) is 7.80. The Balaban J connectivity index is 0.00000119. The van der Waals surface area contributed by atoms with Gasteiger partial charge in [0.15, 0.2) is 0 Å². The lowest BCUT2D eigenvalue weighted by atomic mass is 9.71. The van der Waals surface area contributed by atoms with E-state index in [9.17, 15) is 14.7 Å². The van der Waals surface area contributed by atoms with Crippen LogP contribution in [-0.2, 0) is 9.59 Å². The van der Waals surface area contributed by atoms with Crippen LogP contribution < -0.4 is 0 Å². The van der Waals surface area contributed by atoms with Crippen LogP contribution >= 0.6 is 0 Å². The van der Waals surface area contributed by atoms with Crippen LogP contribution in [0.1, 0.15) is 95.1 Å². The normalized spacial score (nSPS) is 26.1. The number of piperidine rings is 1. The van der Waals surface area contributed by atoms with E-state index in [2.05, 4.69) is 36.3 Å². The van der Waals surface area contributed by atoms with E-state index in [0.717, 1.165) is 38.6 Å². The highest BCUT2D eigenvalue weighted by Gasteiger charge is 2.43. The second-order valence-electron chi connectivity index (χ2n) is 9.73. The fourth-order valence-electron chi connectivity index (χ4n) is 6.16. The number of fused-ring (bicyclic) bond motifs is 2. The number of rotatable bonds is 5. The summed E-state index contributed by atoms with van der Waals surface area (Å²) >= 11 is 0. The van der Waals surface area contributed by atoms with Gasteiger partial charge in [0.1, 0.15) is 0 Å². The lowest BCUT2D eigenvalue weighted by Crippen LogP contribution is -2.53. The third-order valence-corrected chi connectivity index (χ3v) is 7.80. The molecule has 0 bridgehead atoms. The molecule has 2 aromatic rings. The molecule has 2 saturated carbocycles. The molecule has 5 rings (SSSR count). The first-order chi connectivity index (χ1) is 15.5. The van der Waals surface area contributed by atoms with E-state index in [4.69, 9.17) is 0 Å². The lowest BCUT2D eigenvalue weighted by molar-refractivity contribution is -0.152. The van der Waals surface area contributed by atoms with Gasteiger partial charge in [0.25, 0.3) is 0 Å². The van der Waals surface area contributed by atoms with Crippen molar-refractivity contribution < 1.29 is 14.7 Å². The van der Waals surface area contributed by atoms with E-state index < -0.39 is 5.97 Å². The van der Waals surface area contributed by atoms with Gasteiger partial charge in [0, 0.05) is 36.1 Å². The van der Waals surface area contributed by atoms with Gasteiger partial charge < -0.3 is 15.0 Å². The smallest absolute Gasteiger partial charge is 0.306 e. The highest BCUT2D eigenvalue weighted by molar-refractivity contribution is 5.89. The minimum Gasteiger partial charge on any atom is -0.481 e. The van der Waals surface area contributed by atoms with Gasteiger partial charge >= 0.3 is 5.97 Å². The number of carbonyl (C=O) groups is 2. The van der Waals surface area contributed by atoms with Gasteiger partial charge in [0.2, 0.25) is 5.91 Å². The molecular formula is C27H38N2O3. The Labute approximate surface area is 191 Å². The van der Waals surface area contributed by atoms with Crippen molar-refractivity contribution in [3.63, 3.8) is 0 Å². The van der Waals surface area contributed by atoms with E-state index >= 15 is 0 Å². The number of aliphatic carboxylic acids is 1. The fourth-order valence-corrected chi connectivity index (χ4v) is 6.16. The Kier molecular flexibility index (Phi) is 6.92. The molecule has 0 spiro atoms. The Hall–Kier alpha value is -2.30. The van der Waals surface area contributed by atoms with Crippen LogP contribution in [0.25, 0.3) is 10.9 Å². The first kappa shape index (κ1) is 22.9. The van der Waals surface area contributed by atoms with Crippen molar-refractivity contribution in [2.24, 2.45) is 11.8 Å². The van der Waals surface area contributed by atoms with Crippen LogP contribution in [0.5, 0.6) is 0 Å². The highest BCUT2D eigenvalue weighted by Crippen LogP contribution is 2.45. The summed E-state index contributed by atoms with van der Waals surface area (Å²) in [6.07, 6.45) is 9.59. The van der Waals surface area contributed by atoms with Gasteiger partial charge in [-0.2, -0.15) is 0 Å². The Bertz CT molecular complexity index is 961. The van der Waals surface area contributed by atoms with Crippen LogP contribution in [0.2, 0.25) is 0 Å². The van der Waals surface area contributed by atoms with Gasteiger partial charge in [-0.3, -0.25) is 9.59 Å². The number of hydrogen-bond donors (Lipinski definition) is 2. The molecule has 5 nitrogen and oxygen atoms in total. The average molecular weight is 439 g/mol. The predicted octanol–water partition coefficient (Wildman–Crippen LogP) is 6.06. The van der Waals surface area contributed by atoms with Crippen molar-refractivity contribution in [1.29, 1.82) is 0 Å². The number of likely N-dealkylation sites (tertiary alicyclic amines) is 1. The number of hydrogen-bond acceptors (Lipinski definition) is 2. The molecule has 1 amide bonds. The maximum Gasteiger partial charge on any atom is 0.306 e. The molecule has 3 aliphatic rings. The van der Waals surface area contributed by atoms with Crippen LogP contribution in [0.3, 0.4) is 0 Å². The Morgan fingerprint density at radius 3 is 2.62 bits per heavy atom. The van der Waals surface area contributed by atoms with Crippen molar-refractivity contribution in [3.05, 3.63) is 35.5 Å². The number of H-pyrrole nitrogens is 1. The maximum atomic E-state index is 13.4. The molecule has 32 heavy (non-hydrogen) atoms. The standard InChI is InChI=1S/C25H32N2O3.C2H6/c1-15(20-14-26-21-8-2-5-17(24(20)21)16-10-11-16)13-23(28)27-12-4-7-18-19(25(29)30)6-3-9-22(18)27;1-2/h2,5,8,14-16,18-19,22,26H,3-4,6-7,9-13H2,1H3,(H,29,30);1-2H3. The van der Waals surface area contributed by atoms with Crippen LogP contribution in [0, 0.1) is 11.8 Å². The van der Waals surface area contributed by atoms with E-state index in [1.807, 2.05) is 18.7 Å². The van der Waals surface area contributed by atoms with Crippen molar-refractivity contribution in [2.45, 2.75) is 90.0 Å². The maximum absolute atomic E-state index is 13.4. The van der Waals surface area contributed by atoms with Crippen molar-refractivity contribution in [3.8, 4) is 0 Å². The number of carboxylic acid groups (broad SMARTS) is 1. The summed E-state index contributed by atoms with van der Waals surface area (Å²) < 4.78 is 0. The zero-order chi connectivity index (χ0) is 22.8. The van der Waals surface area contributed by atoms with Crippen molar-refractivity contribution in [1.82, 2.24) is 9.88 Å². The van der Waals surface area contributed by atoms with E-state index in [1.165, 1.54) is 34.9 Å². The number of benzene rings is 1. The van der Waals surface area contributed by atoms with E-state index in [1.54, 1.807) is 0 Å². The summed E-state index contributed by atoms with van der Waals surface area (Å²) in [5.74, 6) is 0.167. The lowest BCUT2D eigenvalue weighted by Gasteiger charge is -2.46. The van der Waals surface area contributed by atoms with Crippen LogP contribution in [0.15, 0.2) is 24.4 Å². The summed E-state index contributed by atoms with van der Waals surface area (Å²) in [5, 5.41) is 11.0. The number of nitrogens with zero attached hydrogens (tertiary/aromatic N) is 1. The molecule has 1 saturated heterocycles. The van der Waals surface area contributed by atoms with E-state index in [-0.39, 0.29) is 29.7 Å². The Morgan fingerprint density at radius 1 is 1.12 bits per heavy atom. The first-order valence-electron chi connectivity index (χ1n) is 12.7. The molecule has 5 heteroatoms. The summed E-state index contributed by atoms with van der Waals surface area (Å²) in [6.45, 7) is 6.94. The number of aromatic nitrogens is 1. The number of nitrogens with one attached hydrogen (secondary N) is 1. The molecule has 2 heterocycles. The van der Waals surface area contributed by atoms with Crippen molar-refractivity contribution in [2.75, 3.05) is 6.54 Å². The molecule has 2 aliphatic carbocycles. The molecule has 2 N–H and O–H groups in total. The van der Waals surface area contributed by atoms with Gasteiger partial charge in [-0.05, 0) is 73.5 Å². The van der Waals surface area contributed by atoms with Gasteiger partial charge in [-0.1, -0.05) is 39.3 Å².